The van der Waals surface area contributed by atoms with Crippen LogP contribution in [0.15, 0.2) is 12.4 Å². The predicted molar refractivity (Wildman–Crippen MR) is 62.5 cm³/mol. The summed E-state index contributed by atoms with van der Waals surface area (Å²) in [4.78, 5) is 12.8. The summed E-state index contributed by atoms with van der Waals surface area (Å²) in [5.74, 6) is -0.859. The van der Waals surface area contributed by atoms with Gasteiger partial charge in [0.25, 0.3) is 0 Å². The fourth-order valence-corrected chi connectivity index (χ4v) is 1.35. The van der Waals surface area contributed by atoms with E-state index in [0.29, 0.717) is 13.1 Å². The highest BCUT2D eigenvalue weighted by Gasteiger charge is 2.31. The molecule has 0 aliphatic heterocycles. The van der Waals surface area contributed by atoms with Crippen LogP contribution in [-0.4, -0.2) is 50.1 Å². The molecule has 0 saturated heterocycles. The summed E-state index contributed by atoms with van der Waals surface area (Å²) in [6.07, 6.45) is 3.49. The van der Waals surface area contributed by atoms with E-state index in [0.717, 1.165) is 5.56 Å². The molecule has 0 aliphatic rings. The van der Waals surface area contributed by atoms with Crippen LogP contribution in [0.4, 0.5) is 0 Å². The number of aromatic nitrogens is 2. The van der Waals surface area contributed by atoms with Crippen molar-refractivity contribution in [2.75, 3.05) is 13.7 Å². The highest BCUT2D eigenvalue weighted by Crippen LogP contribution is 2.15. The summed E-state index contributed by atoms with van der Waals surface area (Å²) in [5, 5.41) is 21.9. The molecule has 6 heteroatoms. The maximum Gasteiger partial charge on any atom is 0.323 e. The molecule has 1 aromatic rings. The van der Waals surface area contributed by atoms with E-state index in [1.807, 2.05) is 6.20 Å². The van der Waals surface area contributed by atoms with Crippen molar-refractivity contribution in [2.45, 2.75) is 32.5 Å². The van der Waals surface area contributed by atoms with E-state index >= 15 is 0 Å². The van der Waals surface area contributed by atoms with Crippen LogP contribution < -0.4 is 0 Å². The Morgan fingerprint density at radius 3 is 2.76 bits per heavy atom. The van der Waals surface area contributed by atoms with Crippen molar-refractivity contribution in [1.82, 2.24) is 14.7 Å². The van der Waals surface area contributed by atoms with Crippen molar-refractivity contribution in [3.05, 3.63) is 18.0 Å². The smallest absolute Gasteiger partial charge is 0.323 e. The van der Waals surface area contributed by atoms with Crippen LogP contribution in [0, 0.1) is 0 Å². The third kappa shape index (κ3) is 3.28. The van der Waals surface area contributed by atoms with E-state index < -0.39 is 11.5 Å². The number of carboxylic acids is 1. The number of hydrogen-bond donors (Lipinski definition) is 2. The summed E-state index contributed by atoms with van der Waals surface area (Å²) < 4.78 is 1.64. The van der Waals surface area contributed by atoms with Gasteiger partial charge in [0.05, 0.1) is 19.3 Å². The number of carbonyl (C=O) groups is 1. The minimum Gasteiger partial charge on any atom is -0.480 e. The van der Waals surface area contributed by atoms with Crippen molar-refractivity contribution in [1.29, 1.82) is 0 Å². The van der Waals surface area contributed by atoms with Gasteiger partial charge in [-0.3, -0.25) is 14.4 Å². The lowest BCUT2D eigenvalue weighted by molar-refractivity contribution is -0.148. The van der Waals surface area contributed by atoms with Crippen molar-refractivity contribution < 1.29 is 15.0 Å². The lowest BCUT2D eigenvalue weighted by atomic mass is 10.0. The molecule has 96 valence electrons. The largest absolute Gasteiger partial charge is 0.480 e. The molecule has 1 aromatic heterocycles. The van der Waals surface area contributed by atoms with Crippen LogP contribution in [-0.2, 0) is 17.9 Å². The zero-order chi connectivity index (χ0) is 13.1. The minimum absolute atomic E-state index is 0.0393. The molecule has 17 heavy (non-hydrogen) atoms. The average molecular weight is 241 g/mol. The number of hydrogen-bond acceptors (Lipinski definition) is 4. The van der Waals surface area contributed by atoms with Crippen LogP contribution in [0.2, 0.25) is 0 Å². The van der Waals surface area contributed by atoms with Crippen molar-refractivity contribution in [3.63, 3.8) is 0 Å². The van der Waals surface area contributed by atoms with Gasteiger partial charge in [0, 0.05) is 18.3 Å². The van der Waals surface area contributed by atoms with Crippen LogP contribution in [0.3, 0.4) is 0 Å². The molecule has 2 N–H and O–H groups in total. The summed E-state index contributed by atoms with van der Waals surface area (Å²) in [6.45, 7) is 4.31. The first kappa shape index (κ1) is 13.7. The van der Waals surface area contributed by atoms with Gasteiger partial charge < -0.3 is 10.2 Å². The van der Waals surface area contributed by atoms with E-state index in [2.05, 4.69) is 5.10 Å². The Balaban J connectivity index is 2.67. The van der Waals surface area contributed by atoms with Crippen LogP contribution in [0.25, 0.3) is 0 Å². The topological polar surface area (TPSA) is 78.6 Å². The van der Waals surface area contributed by atoms with Gasteiger partial charge >= 0.3 is 5.97 Å². The summed E-state index contributed by atoms with van der Waals surface area (Å²) >= 11 is 0. The van der Waals surface area contributed by atoms with Gasteiger partial charge in [-0.15, -0.1) is 0 Å². The standard InChI is InChI=1S/C11H19N3O3/c1-11(2,10(16)17)13(3)7-9-6-12-14(8-9)4-5-15/h6,8,15H,4-5,7H2,1-3H3,(H,16,17). The van der Waals surface area contributed by atoms with Gasteiger partial charge in [-0.2, -0.15) is 5.10 Å². The zero-order valence-corrected chi connectivity index (χ0v) is 10.4. The molecule has 1 heterocycles. The Kier molecular flexibility index (Phi) is 4.25. The number of likely N-dealkylation sites (N-methyl/N-ethyl adjacent to an activating group) is 1. The molecule has 0 unspecified atom stereocenters. The van der Waals surface area contributed by atoms with E-state index in [9.17, 15) is 4.79 Å². The third-order valence-electron chi connectivity index (χ3n) is 2.91. The van der Waals surface area contributed by atoms with E-state index in [4.69, 9.17) is 10.2 Å². The Morgan fingerprint density at radius 2 is 2.24 bits per heavy atom. The summed E-state index contributed by atoms with van der Waals surface area (Å²) in [6, 6.07) is 0. The lowest BCUT2D eigenvalue weighted by Crippen LogP contribution is -2.47. The van der Waals surface area contributed by atoms with Crippen molar-refractivity contribution in [2.24, 2.45) is 0 Å². The molecule has 1 rings (SSSR count). The molecule has 0 amide bonds. The maximum atomic E-state index is 11.1. The predicted octanol–water partition coefficient (Wildman–Crippen LogP) is 0.170. The monoisotopic (exact) mass is 241 g/mol. The molecule has 0 spiro atoms. The second kappa shape index (κ2) is 5.29. The molecule has 0 aromatic carbocycles. The Labute approximate surface area is 100 Å². The fourth-order valence-electron chi connectivity index (χ4n) is 1.35. The maximum absolute atomic E-state index is 11.1. The first-order valence-corrected chi connectivity index (χ1v) is 5.44. The molecular formula is C11H19N3O3. The van der Waals surface area contributed by atoms with Crippen molar-refractivity contribution >= 4 is 5.97 Å². The molecule has 0 atom stereocenters. The normalized spacial score (nSPS) is 12.1. The molecule has 0 fully saturated rings. The van der Waals surface area contributed by atoms with Crippen LogP contribution in [0.1, 0.15) is 19.4 Å². The van der Waals surface area contributed by atoms with Crippen molar-refractivity contribution in [3.8, 4) is 0 Å². The van der Waals surface area contributed by atoms with Gasteiger partial charge in [0.1, 0.15) is 5.54 Å². The molecule has 0 saturated carbocycles. The van der Waals surface area contributed by atoms with Gasteiger partial charge in [-0.05, 0) is 20.9 Å². The summed E-state index contributed by atoms with van der Waals surface area (Å²) in [5.41, 5.74) is 0.00860. The third-order valence-corrected chi connectivity index (χ3v) is 2.91. The quantitative estimate of drug-likeness (QED) is 0.742. The first-order valence-electron chi connectivity index (χ1n) is 5.44. The zero-order valence-electron chi connectivity index (χ0n) is 10.4. The molecule has 6 nitrogen and oxygen atoms in total. The number of aliphatic carboxylic acids is 1. The number of nitrogens with zero attached hydrogens (tertiary/aromatic N) is 3. The minimum atomic E-state index is -0.918. The second-order valence-electron chi connectivity index (χ2n) is 4.56. The van der Waals surface area contributed by atoms with Gasteiger partial charge in [-0.25, -0.2) is 0 Å². The molecule has 0 bridgehead atoms. The van der Waals surface area contributed by atoms with Gasteiger partial charge in [-0.1, -0.05) is 0 Å². The number of rotatable bonds is 6. The molecule has 0 aliphatic carbocycles. The highest BCUT2D eigenvalue weighted by molar-refractivity contribution is 5.77. The SMILES string of the molecule is CN(Cc1cnn(CCO)c1)C(C)(C)C(=O)O. The van der Waals surface area contributed by atoms with Crippen LogP contribution in [0.5, 0.6) is 0 Å². The second-order valence-corrected chi connectivity index (χ2v) is 4.56. The first-order chi connectivity index (χ1) is 7.87. The number of aliphatic hydroxyl groups is 1. The average Bonchev–Trinajstić information content (AvgIpc) is 2.65. The lowest BCUT2D eigenvalue weighted by Gasteiger charge is -2.30. The van der Waals surface area contributed by atoms with E-state index in [-0.39, 0.29) is 6.61 Å². The molecular weight excluding hydrogens is 222 g/mol. The van der Waals surface area contributed by atoms with Crippen LogP contribution >= 0.6 is 0 Å². The van der Waals surface area contributed by atoms with Gasteiger partial charge in [0.15, 0.2) is 0 Å². The highest BCUT2D eigenvalue weighted by atomic mass is 16.4. The van der Waals surface area contributed by atoms with E-state index in [1.54, 1.807) is 36.7 Å². The van der Waals surface area contributed by atoms with E-state index in [1.165, 1.54) is 0 Å². The summed E-state index contributed by atoms with van der Waals surface area (Å²) in [7, 11) is 1.76. The Morgan fingerprint density at radius 1 is 1.59 bits per heavy atom. The Bertz CT molecular complexity index is 387. The Hall–Kier alpha value is -1.40. The van der Waals surface area contributed by atoms with Gasteiger partial charge in [0.2, 0.25) is 0 Å². The molecule has 0 radical (unpaired) electrons. The fraction of sp³-hybridized carbons (Fsp3) is 0.636. The number of aliphatic hydroxyl groups excluding tert-OH is 1. The number of carboxylic acid groups (broad SMARTS) is 1.